The van der Waals surface area contributed by atoms with Crippen molar-refractivity contribution >= 4 is 70.9 Å². The van der Waals surface area contributed by atoms with Crippen LogP contribution >= 0.6 is 23.5 Å². The van der Waals surface area contributed by atoms with Gasteiger partial charge in [0.2, 0.25) is 11.8 Å². The zero-order valence-electron chi connectivity index (χ0n) is 55.9. The van der Waals surface area contributed by atoms with E-state index < -0.39 is 146 Å². The Balaban J connectivity index is 0.826. The van der Waals surface area contributed by atoms with Crippen molar-refractivity contribution in [2.45, 2.75) is 112 Å². The number of aliphatic hydroxyl groups excluding tert-OH is 6. The average molecular weight is 1430 g/mol. The van der Waals surface area contributed by atoms with E-state index in [0.717, 1.165) is 36.5 Å². The minimum absolute atomic E-state index is 0.0280. The molecule has 29 heteroatoms. The number of nitrogens with one attached hydrogen (secondary N) is 6. The summed E-state index contributed by atoms with van der Waals surface area (Å²) in [5.41, 5.74) is 4.59. The summed E-state index contributed by atoms with van der Waals surface area (Å²) >= 11 is 2.88. The number of methoxy groups -OCH3 is 2. The first-order chi connectivity index (χ1) is 48.0. The van der Waals surface area contributed by atoms with Gasteiger partial charge in [-0.15, -0.1) is 0 Å². The molecule has 2 aliphatic heterocycles. The lowest BCUT2D eigenvalue weighted by atomic mass is 9.88. The van der Waals surface area contributed by atoms with Crippen molar-refractivity contribution in [3.8, 4) is 28.0 Å². The summed E-state index contributed by atoms with van der Waals surface area (Å²) in [6.07, 6.45) is -12.5. The van der Waals surface area contributed by atoms with E-state index in [9.17, 15) is 69.0 Å². The van der Waals surface area contributed by atoms with Crippen molar-refractivity contribution in [1.82, 2.24) is 31.9 Å². The van der Waals surface area contributed by atoms with Crippen LogP contribution in [0.5, 0.6) is 5.75 Å². The molecule has 2 saturated heterocycles. The molecule has 5 aromatic carbocycles. The Labute approximate surface area is 587 Å². The van der Waals surface area contributed by atoms with Gasteiger partial charge in [0.25, 0.3) is 35.2 Å². The summed E-state index contributed by atoms with van der Waals surface area (Å²) in [6, 6.07) is 34.3. The molecule has 5 aromatic rings. The maximum atomic E-state index is 13.5. The monoisotopic (exact) mass is 1420 g/mol. The van der Waals surface area contributed by atoms with E-state index in [4.69, 9.17) is 33.2 Å². The molecule has 0 radical (unpaired) electrons. The lowest BCUT2D eigenvalue weighted by molar-refractivity contribution is -0.311. The molecule has 2 unspecified atom stereocenters. The fourth-order valence-corrected chi connectivity index (χ4v) is 12.7. The maximum absolute atomic E-state index is 13.5. The Morgan fingerprint density at radius 1 is 0.540 bits per heavy atom. The van der Waals surface area contributed by atoms with Crippen LogP contribution in [0.2, 0.25) is 0 Å². The molecular weight excluding hydrogens is 1340 g/mol. The van der Waals surface area contributed by atoms with Crippen LogP contribution in [0.4, 0.5) is 0 Å². The van der Waals surface area contributed by atoms with E-state index in [1.54, 1.807) is 48.5 Å². The molecule has 0 aromatic heterocycles. The number of carbonyl (C=O) groups is 8. The van der Waals surface area contributed by atoms with Crippen molar-refractivity contribution in [2.24, 2.45) is 0 Å². The molecule has 2 fully saturated rings. The van der Waals surface area contributed by atoms with Gasteiger partial charge in [-0.05, 0) is 89.1 Å². The zero-order valence-corrected chi connectivity index (χ0v) is 57.5. The first kappa shape index (κ1) is 79.0. The van der Waals surface area contributed by atoms with Crippen LogP contribution < -0.4 is 36.6 Å². The van der Waals surface area contributed by atoms with Gasteiger partial charge in [-0.2, -0.15) is 23.5 Å². The summed E-state index contributed by atoms with van der Waals surface area (Å²) in [4.78, 5) is 104. The van der Waals surface area contributed by atoms with Crippen molar-refractivity contribution in [1.29, 1.82) is 0 Å². The van der Waals surface area contributed by atoms with Gasteiger partial charge in [-0.25, -0.2) is 9.59 Å². The van der Waals surface area contributed by atoms with E-state index >= 15 is 0 Å². The highest BCUT2D eigenvalue weighted by atomic mass is 32.2. The highest BCUT2D eigenvalue weighted by Crippen LogP contribution is 2.37. The number of esters is 2. The molecule has 2 heterocycles. The van der Waals surface area contributed by atoms with E-state index in [1.165, 1.54) is 61.6 Å². The van der Waals surface area contributed by atoms with Gasteiger partial charge >= 0.3 is 11.9 Å². The van der Waals surface area contributed by atoms with Crippen molar-refractivity contribution in [3.05, 3.63) is 162 Å². The minimum atomic E-state index is -2.28. The smallest absolute Gasteiger partial charge is 0.366 e. The van der Waals surface area contributed by atoms with E-state index in [-0.39, 0.29) is 60.9 Å². The number of aliphatic hydroxyl groups is 6. The second kappa shape index (κ2) is 39.1. The van der Waals surface area contributed by atoms with Crippen molar-refractivity contribution in [2.75, 3.05) is 83.2 Å². The molecule has 0 bridgehead atoms. The second-order valence-corrected chi connectivity index (χ2v) is 26.0. The number of hydrogen-bond acceptors (Lipinski definition) is 23. The SMILES string of the molecule is C=CCOc1cc(C(=O)NCCSCCCO[C@]2(C(=O)OC)C[C@H](O)[C@@H](NC(C)=O)[C@H](C(O)[C@H](O)CNC(=O)c3ccc(-c4ccccc4)cc3)O2)ccc1C(=O)NCCSCCCO[C@]1(C(=O)OC)C[C@H](O)[C@@H](NC(C)=O)[C@H](C(O)[C@H](O)CNC(=O)c2ccc(-c3ccccc3)cc2)O1. The summed E-state index contributed by atoms with van der Waals surface area (Å²) in [5, 5.41) is 83.8. The molecule has 6 amide bonds. The molecule has 27 nitrogen and oxygen atoms in total. The van der Waals surface area contributed by atoms with Gasteiger partial charge in [-0.3, -0.25) is 28.8 Å². The van der Waals surface area contributed by atoms with Gasteiger partial charge in [-0.1, -0.05) is 97.6 Å². The quantitative estimate of drug-likeness (QED) is 0.0154. The number of carbonyl (C=O) groups excluding carboxylic acids is 8. The fraction of sp³-hybridized carbons (Fsp3) is 0.437. The van der Waals surface area contributed by atoms with Gasteiger partial charge in [0.15, 0.2) is 0 Å². The van der Waals surface area contributed by atoms with Crippen LogP contribution in [-0.2, 0) is 47.6 Å². The molecule has 0 saturated carbocycles. The average Bonchev–Trinajstić information content (AvgIpc) is 0.772. The lowest BCUT2D eigenvalue weighted by Gasteiger charge is -2.47. The molecule has 12 N–H and O–H groups in total. The van der Waals surface area contributed by atoms with Crippen molar-refractivity contribution < 1.29 is 102 Å². The maximum Gasteiger partial charge on any atom is 0.366 e. The van der Waals surface area contributed by atoms with Crippen LogP contribution in [0.15, 0.2) is 140 Å². The standard InChI is InChI=1S/C71H88N6O21S2/c1-6-31-94-57-38-51(66(88)72-29-36-99-34-13-32-95-70(68(90)92-4)39-53(80)58(76-43(2)78)62(97-70)60(84)55(82)41-74-64(86)49-23-19-47(20-24-49)45-15-9-7-10-16-45)27-28-52(57)67(89)73-30-37-100-35-14-33-96-71(69(91)93-5)40-54(81)59(77-44(3)79)63(98-71)61(85)56(83)42-75-65(87)50-25-21-48(22-26-50)46-17-11-8-12-18-46/h6-12,15-28,38,53-56,58-63,80-85H,1,13-14,29-37,39-42H2,2-5H3,(H,72,88)(H,73,89)(H,74,86)(H,75,87)(H,76,78)(H,77,79)/t53-,54-,55+,56+,58+,59+,60?,61?,62+,63+,70+,71+/m0/s1. The Kier molecular flexibility index (Phi) is 30.9. The number of rotatable bonds is 37. The van der Waals surface area contributed by atoms with E-state index in [2.05, 4.69) is 38.5 Å². The molecule has 0 aliphatic carbocycles. The predicted molar refractivity (Wildman–Crippen MR) is 371 cm³/mol. The van der Waals surface area contributed by atoms with Crippen molar-refractivity contribution in [3.63, 3.8) is 0 Å². The first-order valence-electron chi connectivity index (χ1n) is 32.4. The lowest BCUT2D eigenvalue weighted by Crippen LogP contribution is -2.68. The molecule has 2 aliphatic rings. The van der Waals surface area contributed by atoms with E-state index in [0.29, 0.717) is 35.9 Å². The van der Waals surface area contributed by atoms with Crippen LogP contribution in [-0.4, -0.2) is 234 Å². The Morgan fingerprint density at radius 3 is 1.33 bits per heavy atom. The summed E-state index contributed by atoms with van der Waals surface area (Å²) in [6.45, 7) is 5.30. The molecule has 100 heavy (non-hydrogen) atoms. The normalized spacial score (nSPS) is 21.5. The fourth-order valence-electron chi connectivity index (χ4n) is 11.2. The highest BCUT2D eigenvalue weighted by molar-refractivity contribution is 7.99. The number of thioether (sulfide) groups is 2. The Hall–Kier alpha value is -8.30. The van der Waals surface area contributed by atoms with Crippen LogP contribution in [0, 0.1) is 0 Å². The number of hydrogen-bond donors (Lipinski definition) is 12. The number of benzene rings is 5. The van der Waals surface area contributed by atoms with Gasteiger partial charge in [0, 0.05) is 81.1 Å². The molecular formula is C71H88N6O21S2. The number of ether oxygens (including phenoxy) is 7. The van der Waals surface area contributed by atoms with Gasteiger partial charge in [0.1, 0.15) is 36.8 Å². The Morgan fingerprint density at radius 2 is 0.930 bits per heavy atom. The van der Waals surface area contributed by atoms with Crippen LogP contribution in [0.1, 0.15) is 81.0 Å². The van der Waals surface area contributed by atoms with Gasteiger partial charge in [0.05, 0.1) is 69.5 Å². The molecule has 12 atom stereocenters. The Bertz CT molecular complexity index is 3530. The zero-order chi connectivity index (χ0) is 72.4. The predicted octanol–water partition coefficient (Wildman–Crippen LogP) is 2.68. The second-order valence-electron chi connectivity index (χ2n) is 23.5. The largest absolute Gasteiger partial charge is 0.489 e. The number of amides is 6. The van der Waals surface area contributed by atoms with Crippen LogP contribution in [0.25, 0.3) is 22.3 Å². The third-order valence-electron chi connectivity index (χ3n) is 16.2. The van der Waals surface area contributed by atoms with E-state index in [1.807, 2.05) is 60.7 Å². The van der Waals surface area contributed by atoms with Gasteiger partial charge < -0.3 is 95.7 Å². The molecule has 0 spiro atoms. The first-order valence-corrected chi connectivity index (χ1v) is 34.7. The summed E-state index contributed by atoms with van der Waals surface area (Å²) in [5.74, 6) is -7.97. The minimum Gasteiger partial charge on any atom is -0.489 e. The van der Waals surface area contributed by atoms with Crippen LogP contribution in [0.3, 0.4) is 0 Å². The highest BCUT2D eigenvalue weighted by Gasteiger charge is 2.58. The topological polar surface area (TPSA) is 395 Å². The third kappa shape index (κ3) is 22.1. The molecule has 540 valence electrons. The third-order valence-corrected chi connectivity index (χ3v) is 18.4. The summed E-state index contributed by atoms with van der Waals surface area (Å²) < 4.78 is 40.0. The molecule has 7 rings (SSSR count). The summed E-state index contributed by atoms with van der Waals surface area (Å²) in [7, 11) is 2.15.